The molecule has 0 saturated carbocycles. The van der Waals surface area contributed by atoms with Gasteiger partial charge in [-0.15, -0.1) is 0 Å². The number of hydrogen-bond acceptors (Lipinski definition) is 20. The standard InChI is InChI=1S/C72H134N2O21/c1-4-6-8-10-12-14-16-18-20-21-22-23-24-25-26-27-28-29-30-31-32-34-36-38-40-42-44-46-59(82)74-53(54(79)45-43-41-39-37-35-33-19-17-15-13-11-9-7-5-2)51-90-69-64(86)63(85)66(58(50-77)92-69)93-70-65(87)68(62(84)57(49-76)91-70)95-72(71(88)89)47-55(80)60(73-52(3)78)67(94-72)61(83)56(81)48-75/h25-26,53-58,60-70,75-77,79-81,83-87H,4-24,27-51H2,1-3H3,(H,73,78)(H,74,82)(H,88,89)/b26-25-. The molecule has 3 rings (SSSR count). The highest BCUT2D eigenvalue weighted by Gasteiger charge is 2.60. The summed E-state index contributed by atoms with van der Waals surface area (Å²) in [5.74, 6) is -6.10. The van der Waals surface area contributed by atoms with Crippen molar-refractivity contribution in [3.63, 3.8) is 0 Å². The minimum Gasteiger partial charge on any atom is -0.477 e. The van der Waals surface area contributed by atoms with Crippen LogP contribution in [0.5, 0.6) is 0 Å². The lowest BCUT2D eigenvalue weighted by Gasteiger charge is -2.50. The number of carbonyl (C=O) groups is 3. The van der Waals surface area contributed by atoms with Gasteiger partial charge in [0.25, 0.3) is 5.79 Å². The Labute approximate surface area is 569 Å². The van der Waals surface area contributed by atoms with E-state index >= 15 is 0 Å². The number of rotatable bonds is 58. The van der Waals surface area contributed by atoms with Gasteiger partial charge >= 0.3 is 5.97 Å². The molecule has 14 N–H and O–H groups in total. The van der Waals surface area contributed by atoms with E-state index in [0.29, 0.717) is 19.3 Å². The number of amides is 2. The highest BCUT2D eigenvalue weighted by molar-refractivity contribution is 5.77. The zero-order chi connectivity index (χ0) is 69.6. The lowest BCUT2D eigenvalue weighted by molar-refractivity contribution is -0.386. The third-order valence-corrected chi connectivity index (χ3v) is 19.2. The van der Waals surface area contributed by atoms with Crippen LogP contribution in [0, 0.1) is 0 Å². The van der Waals surface area contributed by atoms with Crippen molar-refractivity contribution in [2.45, 2.75) is 400 Å². The summed E-state index contributed by atoms with van der Waals surface area (Å²) >= 11 is 0. The number of ether oxygens (including phenoxy) is 6. The smallest absolute Gasteiger partial charge is 0.364 e. The molecule has 0 spiro atoms. The van der Waals surface area contributed by atoms with Crippen molar-refractivity contribution in [2.75, 3.05) is 26.4 Å². The van der Waals surface area contributed by atoms with Crippen LogP contribution in [0.4, 0.5) is 0 Å². The van der Waals surface area contributed by atoms with Crippen LogP contribution in [0.1, 0.15) is 290 Å². The van der Waals surface area contributed by atoms with E-state index < -0.39 is 148 Å². The molecule has 0 bridgehead atoms. The van der Waals surface area contributed by atoms with Crippen molar-refractivity contribution in [3.8, 4) is 0 Å². The van der Waals surface area contributed by atoms with Gasteiger partial charge in [-0.2, -0.15) is 0 Å². The van der Waals surface area contributed by atoms with Crippen LogP contribution in [0.2, 0.25) is 0 Å². The van der Waals surface area contributed by atoms with Crippen molar-refractivity contribution < 1.29 is 104 Å². The number of hydrogen-bond donors (Lipinski definition) is 14. The second-order valence-corrected chi connectivity index (χ2v) is 27.5. The van der Waals surface area contributed by atoms with Crippen molar-refractivity contribution in [1.29, 1.82) is 0 Å². The Morgan fingerprint density at radius 3 is 1.42 bits per heavy atom. The summed E-state index contributed by atoms with van der Waals surface area (Å²) in [6, 6.07) is -2.53. The molecule has 0 aromatic rings. The third kappa shape index (κ3) is 34.1. The van der Waals surface area contributed by atoms with Crippen molar-refractivity contribution in [3.05, 3.63) is 12.2 Å². The van der Waals surface area contributed by atoms with Crippen LogP contribution in [-0.2, 0) is 42.8 Å². The third-order valence-electron chi connectivity index (χ3n) is 19.2. The average molecular weight is 1360 g/mol. The van der Waals surface area contributed by atoms with Crippen LogP contribution in [-0.4, -0.2) is 215 Å². The van der Waals surface area contributed by atoms with Crippen LogP contribution >= 0.6 is 0 Å². The van der Waals surface area contributed by atoms with E-state index in [2.05, 4.69) is 36.6 Å². The van der Waals surface area contributed by atoms with E-state index in [1.165, 1.54) is 186 Å². The van der Waals surface area contributed by atoms with E-state index in [-0.39, 0.29) is 18.9 Å². The maximum atomic E-state index is 13.5. The topological polar surface area (TPSA) is 373 Å². The quantitative estimate of drug-likeness (QED) is 0.0201. The van der Waals surface area contributed by atoms with Gasteiger partial charge in [-0.25, -0.2) is 4.79 Å². The summed E-state index contributed by atoms with van der Waals surface area (Å²) in [4.78, 5) is 38.6. The fourth-order valence-electron chi connectivity index (χ4n) is 13.2. The number of carbonyl (C=O) groups excluding carboxylic acids is 2. The highest BCUT2D eigenvalue weighted by Crippen LogP contribution is 2.39. The first-order chi connectivity index (χ1) is 45.9. The van der Waals surface area contributed by atoms with Gasteiger partial charge in [0.15, 0.2) is 12.6 Å². The molecule has 95 heavy (non-hydrogen) atoms. The maximum Gasteiger partial charge on any atom is 0.364 e. The molecule has 0 aromatic carbocycles. The fourth-order valence-corrected chi connectivity index (χ4v) is 13.2. The van der Waals surface area contributed by atoms with E-state index in [1.54, 1.807) is 0 Å². The molecule has 18 atom stereocenters. The number of nitrogens with one attached hydrogen (secondary N) is 2. The lowest BCUT2D eigenvalue weighted by atomic mass is 9.88. The molecule has 558 valence electrons. The van der Waals surface area contributed by atoms with Gasteiger partial charge in [-0.05, 0) is 38.5 Å². The summed E-state index contributed by atoms with van der Waals surface area (Å²) in [7, 11) is 0. The normalized spacial score (nSPS) is 27.7. The van der Waals surface area contributed by atoms with Crippen LogP contribution in [0.25, 0.3) is 0 Å². The van der Waals surface area contributed by atoms with Crippen LogP contribution in [0.15, 0.2) is 12.2 Å². The number of unbranched alkanes of at least 4 members (excludes halogenated alkanes) is 36. The Kier molecular flexibility index (Phi) is 47.9. The Balaban J connectivity index is 1.52. The van der Waals surface area contributed by atoms with Crippen LogP contribution < -0.4 is 10.6 Å². The second kappa shape index (κ2) is 52.5. The van der Waals surface area contributed by atoms with Crippen molar-refractivity contribution >= 4 is 17.8 Å². The van der Waals surface area contributed by atoms with Gasteiger partial charge in [0.05, 0.1) is 50.7 Å². The lowest BCUT2D eigenvalue weighted by Crippen LogP contribution is -2.70. The number of allylic oxidation sites excluding steroid dienone is 2. The summed E-state index contributed by atoms with van der Waals surface area (Å²) in [6.45, 7) is 2.23. The molecular formula is C72H134N2O21. The van der Waals surface area contributed by atoms with E-state index in [4.69, 9.17) is 28.4 Å². The Morgan fingerprint density at radius 1 is 0.537 bits per heavy atom. The molecule has 23 heteroatoms. The number of carboxylic acid groups (broad SMARTS) is 1. The first-order valence-electron chi connectivity index (χ1n) is 37.5. The van der Waals surface area contributed by atoms with Crippen molar-refractivity contribution in [1.82, 2.24) is 10.6 Å². The minimum absolute atomic E-state index is 0.225. The molecule has 18 unspecified atom stereocenters. The van der Waals surface area contributed by atoms with Gasteiger partial charge in [-0.1, -0.05) is 244 Å². The molecule has 0 radical (unpaired) electrons. The monoisotopic (exact) mass is 1360 g/mol. The zero-order valence-electron chi connectivity index (χ0n) is 58.5. The Hall–Kier alpha value is -2.53. The molecule has 3 saturated heterocycles. The van der Waals surface area contributed by atoms with Gasteiger partial charge in [0.1, 0.15) is 67.1 Å². The first kappa shape index (κ1) is 86.7. The number of aliphatic hydroxyl groups excluding tert-OH is 11. The van der Waals surface area contributed by atoms with E-state index in [9.17, 15) is 75.7 Å². The number of aliphatic hydroxyl groups is 11. The number of aliphatic carboxylic acids is 1. The van der Waals surface area contributed by atoms with Crippen LogP contribution in [0.3, 0.4) is 0 Å². The molecule has 2 amide bonds. The molecule has 0 aliphatic carbocycles. The molecule has 3 aliphatic heterocycles. The molecule has 23 nitrogen and oxygen atoms in total. The van der Waals surface area contributed by atoms with Gasteiger partial charge < -0.3 is 100 Å². The predicted molar refractivity (Wildman–Crippen MR) is 362 cm³/mol. The van der Waals surface area contributed by atoms with E-state index in [1.807, 2.05) is 0 Å². The molecule has 3 fully saturated rings. The average Bonchev–Trinajstić information content (AvgIpc) is 0.760. The second-order valence-electron chi connectivity index (χ2n) is 27.5. The molecule has 0 aromatic heterocycles. The summed E-state index contributed by atoms with van der Waals surface area (Å²) in [5.41, 5.74) is 0. The van der Waals surface area contributed by atoms with Gasteiger partial charge in [0.2, 0.25) is 11.8 Å². The Bertz CT molecular complexity index is 1960. The summed E-state index contributed by atoms with van der Waals surface area (Å²) in [5, 5.41) is 136. The first-order valence-corrected chi connectivity index (χ1v) is 37.5. The maximum absolute atomic E-state index is 13.5. The van der Waals surface area contributed by atoms with Gasteiger partial charge in [0, 0.05) is 19.8 Å². The molecule has 3 heterocycles. The predicted octanol–water partition coefficient (Wildman–Crippen LogP) is 8.24. The minimum atomic E-state index is -3.08. The summed E-state index contributed by atoms with van der Waals surface area (Å²) in [6.07, 6.45) is 23.6. The summed E-state index contributed by atoms with van der Waals surface area (Å²) < 4.78 is 34.9. The largest absolute Gasteiger partial charge is 0.477 e. The fraction of sp³-hybridized carbons (Fsp3) is 0.931. The van der Waals surface area contributed by atoms with E-state index in [0.717, 1.165) is 58.3 Å². The highest BCUT2D eigenvalue weighted by atomic mass is 16.8. The zero-order valence-corrected chi connectivity index (χ0v) is 58.5. The van der Waals surface area contributed by atoms with Gasteiger partial charge in [-0.3, -0.25) is 9.59 Å². The van der Waals surface area contributed by atoms with Crippen molar-refractivity contribution in [2.24, 2.45) is 0 Å². The SMILES string of the molecule is CCCCCCCCCCCCCC/C=C\CCCCCCCCCCCCCC(=O)NC(COC1OC(CO)C(OC2OC(CO)C(O)C(OC3(C(=O)O)CC(O)C(NC(C)=O)C(C(O)C(O)CO)O3)C2O)C(O)C1O)C(O)CCCCCCCCCCCCCCCC. The number of carboxylic acids is 1. The molecule has 3 aliphatic rings. The Morgan fingerprint density at radius 2 is 0.979 bits per heavy atom. The molecular weight excluding hydrogens is 1230 g/mol.